The summed E-state index contributed by atoms with van der Waals surface area (Å²) in [5, 5.41) is 7.89. The van der Waals surface area contributed by atoms with Crippen molar-refractivity contribution < 1.29 is 31.5 Å². The number of amides is 2. The first kappa shape index (κ1) is 21.9. The SMILES string of the molecule is O=C(Nc1ccc2c(c1)C(F)(F)C(F)(F)O2)N1CC(c2cccc(F)c2)C(c2ccccc2)=N1. The van der Waals surface area contributed by atoms with Gasteiger partial charge in [0.15, 0.2) is 0 Å². The fourth-order valence-electron chi connectivity index (χ4n) is 3.97. The lowest BCUT2D eigenvalue weighted by Crippen LogP contribution is -2.37. The zero-order valence-electron chi connectivity index (χ0n) is 17.3. The molecule has 1 atom stereocenters. The van der Waals surface area contributed by atoms with Crippen molar-refractivity contribution in [2.45, 2.75) is 17.9 Å². The average molecular weight is 473 g/mol. The summed E-state index contributed by atoms with van der Waals surface area (Å²) in [6.07, 6.45) is -4.68. The number of rotatable bonds is 3. The molecule has 0 fully saturated rings. The number of nitrogens with one attached hydrogen (secondary N) is 1. The van der Waals surface area contributed by atoms with Crippen LogP contribution in [-0.4, -0.2) is 29.4 Å². The smallest absolute Gasteiger partial charge is 0.427 e. The Balaban J connectivity index is 1.42. The minimum absolute atomic E-state index is 0.0573. The van der Waals surface area contributed by atoms with Gasteiger partial charge in [0.05, 0.1) is 17.8 Å². The van der Waals surface area contributed by atoms with E-state index in [0.717, 1.165) is 22.7 Å². The topological polar surface area (TPSA) is 53.9 Å². The number of urea groups is 1. The van der Waals surface area contributed by atoms with Crippen molar-refractivity contribution in [3.8, 4) is 5.75 Å². The molecule has 2 amide bonds. The lowest BCUT2D eigenvalue weighted by atomic mass is 9.90. The van der Waals surface area contributed by atoms with Crippen molar-refractivity contribution >= 4 is 17.4 Å². The quantitative estimate of drug-likeness (QED) is 0.479. The summed E-state index contributed by atoms with van der Waals surface area (Å²) in [4.78, 5) is 12.9. The first-order valence-corrected chi connectivity index (χ1v) is 10.2. The second kappa shape index (κ2) is 7.82. The number of benzene rings is 3. The molecule has 0 bridgehead atoms. The third-order valence-corrected chi connectivity index (χ3v) is 5.64. The van der Waals surface area contributed by atoms with Gasteiger partial charge < -0.3 is 10.1 Å². The van der Waals surface area contributed by atoms with Crippen LogP contribution in [0.2, 0.25) is 0 Å². The fourth-order valence-corrected chi connectivity index (χ4v) is 3.97. The van der Waals surface area contributed by atoms with E-state index in [4.69, 9.17) is 0 Å². The molecule has 2 aliphatic heterocycles. The average Bonchev–Trinajstić information content (AvgIpc) is 3.32. The number of fused-ring (bicyclic) bond motifs is 1. The fraction of sp³-hybridized carbons (Fsp3) is 0.167. The molecule has 1 unspecified atom stereocenters. The number of nitrogens with zero attached hydrogens (tertiary/aromatic N) is 2. The van der Waals surface area contributed by atoms with Gasteiger partial charge in [-0.2, -0.15) is 22.7 Å². The minimum Gasteiger partial charge on any atom is -0.427 e. The van der Waals surface area contributed by atoms with Crippen LogP contribution in [0.3, 0.4) is 0 Å². The molecule has 0 aliphatic carbocycles. The molecule has 0 radical (unpaired) electrons. The largest absolute Gasteiger partial charge is 0.469 e. The lowest BCUT2D eigenvalue weighted by Gasteiger charge is -2.17. The van der Waals surface area contributed by atoms with Crippen LogP contribution in [0.15, 0.2) is 77.9 Å². The van der Waals surface area contributed by atoms with Crippen molar-refractivity contribution in [3.63, 3.8) is 0 Å². The van der Waals surface area contributed by atoms with Gasteiger partial charge in [0.25, 0.3) is 0 Å². The Labute approximate surface area is 190 Å². The maximum Gasteiger partial charge on any atom is 0.469 e. The summed E-state index contributed by atoms with van der Waals surface area (Å²) in [5.41, 5.74) is 0.700. The highest BCUT2D eigenvalue weighted by Gasteiger charge is 2.66. The molecule has 2 heterocycles. The number of alkyl halides is 4. The van der Waals surface area contributed by atoms with E-state index in [1.165, 1.54) is 18.2 Å². The van der Waals surface area contributed by atoms with E-state index in [1.54, 1.807) is 36.4 Å². The van der Waals surface area contributed by atoms with E-state index in [1.807, 2.05) is 6.07 Å². The predicted octanol–water partition coefficient (Wildman–Crippen LogP) is 5.94. The number of hydrogen-bond donors (Lipinski definition) is 1. The molecule has 0 saturated heterocycles. The number of anilines is 1. The predicted molar refractivity (Wildman–Crippen MR) is 114 cm³/mol. The molecule has 5 nitrogen and oxygen atoms in total. The number of carbonyl (C=O) groups excluding carboxylic acids is 1. The molecule has 0 spiro atoms. The summed E-state index contributed by atoms with van der Waals surface area (Å²) in [6.45, 7) is 0.0573. The minimum atomic E-state index is -4.68. The molecule has 0 saturated carbocycles. The van der Waals surface area contributed by atoms with Crippen LogP contribution < -0.4 is 10.1 Å². The molecule has 5 rings (SSSR count). The van der Waals surface area contributed by atoms with Gasteiger partial charge in [-0.3, -0.25) is 0 Å². The van der Waals surface area contributed by atoms with E-state index in [9.17, 15) is 26.7 Å². The van der Waals surface area contributed by atoms with Crippen LogP contribution in [-0.2, 0) is 5.92 Å². The Kier molecular flexibility index (Phi) is 5.03. The van der Waals surface area contributed by atoms with E-state index in [-0.39, 0.29) is 12.2 Å². The zero-order chi connectivity index (χ0) is 24.1. The zero-order valence-corrected chi connectivity index (χ0v) is 17.3. The molecule has 0 aromatic heterocycles. The molecule has 3 aromatic carbocycles. The van der Waals surface area contributed by atoms with Crippen LogP contribution in [0.4, 0.5) is 32.4 Å². The molecule has 10 heteroatoms. The molecular weight excluding hydrogens is 457 g/mol. The Hall–Kier alpha value is -3.95. The Morgan fingerprint density at radius 3 is 2.50 bits per heavy atom. The van der Waals surface area contributed by atoms with Crippen molar-refractivity contribution in [2.75, 3.05) is 11.9 Å². The lowest BCUT2D eigenvalue weighted by molar-refractivity contribution is -0.296. The first-order chi connectivity index (χ1) is 16.2. The number of carbonyl (C=O) groups is 1. The third kappa shape index (κ3) is 3.64. The number of hydrazone groups is 1. The number of halogens is 5. The van der Waals surface area contributed by atoms with Crippen molar-refractivity contribution in [1.29, 1.82) is 0 Å². The summed E-state index contributed by atoms with van der Waals surface area (Å²) < 4.78 is 72.9. The maximum atomic E-state index is 14.0. The third-order valence-electron chi connectivity index (χ3n) is 5.64. The van der Waals surface area contributed by atoms with Gasteiger partial charge in [-0.05, 0) is 41.5 Å². The molecule has 34 heavy (non-hydrogen) atoms. The van der Waals surface area contributed by atoms with Crippen molar-refractivity contribution in [2.24, 2.45) is 5.10 Å². The number of hydrogen-bond acceptors (Lipinski definition) is 3. The summed E-state index contributed by atoms with van der Waals surface area (Å²) in [7, 11) is 0. The van der Waals surface area contributed by atoms with Crippen LogP contribution in [0.1, 0.15) is 22.6 Å². The standard InChI is InChI=1S/C24H16F5N3O2/c25-16-8-4-7-15(11-16)18-13-32(31-21(18)14-5-2-1-3-6-14)22(33)30-17-9-10-20-19(12-17)23(26,27)24(28,29)34-20/h1-12,18H,13H2,(H,30,33). The van der Waals surface area contributed by atoms with Gasteiger partial charge in [0.1, 0.15) is 11.6 Å². The maximum absolute atomic E-state index is 14.0. The summed E-state index contributed by atoms with van der Waals surface area (Å²) >= 11 is 0. The Morgan fingerprint density at radius 2 is 1.76 bits per heavy atom. The van der Waals surface area contributed by atoms with Gasteiger partial charge in [-0.1, -0.05) is 42.5 Å². The second-order valence-corrected chi connectivity index (χ2v) is 7.88. The van der Waals surface area contributed by atoms with Crippen molar-refractivity contribution in [3.05, 3.63) is 95.3 Å². The van der Waals surface area contributed by atoms with E-state index in [0.29, 0.717) is 11.3 Å². The number of ether oxygens (including phenoxy) is 1. The van der Waals surface area contributed by atoms with Gasteiger partial charge in [-0.15, -0.1) is 0 Å². The summed E-state index contributed by atoms with van der Waals surface area (Å²) in [5.74, 6) is -6.09. The van der Waals surface area contributed by atoms with Crippen LogP contribution >= 0.6 is 0 Å². The van der Waals surface area contributed by atoms with Gasteiger partial charge in [0, 0.05) is 11.6 Å². The van der Waals surface area contributed by atoms with Gasteiger partial charge in [-0.25, -0.2) is 14.2 Å². The monoisotopic (exact) mass is 473 g/mol. The molecule has 3 aromatic rings. The van der Waals surface area contributed by atoms with E-state index in [2.05, 4.69) is 15.2 Å². The van der Waals surface area contributed by atoms with Gasteiger partial charge >= 0.3 is 18.1 Å². The van der Waals surface area contributed by atoms with Crippen LogP contribution in [0, 0.1) is 5.82 Å². The Bertz CT molecular complexity index is 1300. The van der Waals surface area contributed by atoms with E-state index >= 15 is 0 Å². The highest BCUT2D eigenvalue weighted by molar-refractivity contribution is 6.07. The normalized spacial score (nSPS) is 19.9. The highest BCUT2D eigenvalue weighted by Crippen LogP contribution is 2.53. The second-order valence-electron chi connectivity index (χ2n) is 7.88. The molecular formula is C24H16F5N3O2. The highest BCUT2D eigenvalue weighted by atomic mass is 19.3. The van der Waals surface area contributed by atoms with Crippen LogP contribution in [0.5, 0.6) is 5.75 Å². The van der Waals surface area contributed by atoms with Crippen molar-refractivity contribution in [1.82, 2.24) is 5.01 Å². The first-order valence-electron chi connectivity index (χ1n) is 10.2. The van der Waals surface area contributed by atoms with Gasteiger partial charge in [0.2, 0.25) is 0 Å². The molecule has 174 valence electrons. The Morgan fingerprint density at radius 1 is 1.00 bits per heavy atom. The molecule has 2 aliphatic rings. The molecule has 1 N–H and O–H groups in total. The van der Waals surface area contributed by atoms with Crippen LogP contribution in [0.25, 0.3) is 0 Å². The van der Waals surface area contributed by atoms with E-state index < -0.39 is 41.1 Å². The summed E-state index contributed by atoms with van der Waals surface area (Å²) in [6, 6.07) is 17.0.